The summed E-state index contributed by atoms with van der Waals surface area (Å²) < 4.78 is 5.25. The van der Waals surface area contributed by atoms with Crippen molar-refractivity contribution in [1.82, 2.24) is 0 Å². The molecule has 1 spiro atoms. The Hall–Kier alpha value is -0.530. The summed E-state index contributed by atoms with van der Waals surface area (Å²) in [5.41, 5.74) is 0.640. The van der Waals surface area contributed by atoms with Crippen LogP contribution in [-0.2, 0) is 9.53 Å². The van der Waals surface area contributed by atoms with E-state index in [1.807, 2.05) is 13.8 Å². The molecule has 0 aromatic carbocycles. The number of esters is 1. The highest BCUT2D eigenvalue weighted by atomic mass is 16.6. The fraction of sp³-hybridized carbons (Fsp3) is 0.909. The number of rotatable bonds is 0. The van der Waals surface area contributed by atoms with Crippen molar-refractivity contribution in [3.05, 3.63) is 0 Å². The molecule has 1 saturated heterocycles. The van der Waals surface area contributed by atoms with E-state index in [2.05, 4.69) is 0 Å². The molecule has 4 unspecified atom stereocenters. The molecule has 0 bridgehead atoms. The molecule has 13 heavy (non-hydrogen) atoms. The molecule has 1 heterocycles. The topological polar surface area (TPSA) is 26.3 Å². The van der Waals surface area contributed by atoms with Gasteiger partial charge in [-0.3, -0.25) is 4.79 Å². The first kappa shape index (κ1) is 7.84. The fourth-order valence-electron chi connectivity index (χ4n) is 3.93. The summed E-state index contributed by atoms with van der Waals surface area (Å²) in [6.45, 7) is 4.00. The zero-order valence-corrected chi connectivity index (χ0v) is 8.25. The molecule has 5 atom stereocenters. The normalized spacial score (nSPS) is 58.2. The van der Waals surface area contributed by atoms with Gasteiger partial charge < -0.3 is 4.74 Å². The molecule has 4 fully saturated rings. The minimum atomic E-state index is 0.115. The lowest BCUT2D eigenvalue weighted by atomic mass is 9.67. The van der Waals surface area contributed by atoms with Crippen molar-refractivity contribution in [3.63, 3.8) is 0 Å². The maximum absolute atomic E-state index is 11.2. The Bertz CT molecular complexity index is 273. The first-order valence-electron chi connectivity index (χ1n) is 5.52. The largest absolute Gasteiger partial charge is 0.462 e. The Morgan fingerprint density at radius 2 is 2.15 bits per heavy atom. The van der Waals surface area contributed by atoms with Crippen LogP contribution in [0.15, 0.2) is 0 Å². The molecular formula is C11H16O2. The van der Waals surface area contributed by atoms with Crippen LogP contribution in [0.1, 0.15) is 33.1 Å². The first-order chi connectivity index (χ1) is 6.31. The molecule has 0 aromatic rings. The summed E-state index contributed by atoms with van der Waals surface area (Å²) in [5, 5.41) is 0. The van der Waals surface area contributed by atoms with Gasteiger partial charge >= 0.3 is 5.97 Å². The van der Waals surface area contributed by atoms with Crippen molar-refractivity contribution in [2.75, 3.05) is 0 Å². The minimum absolute atomic E-state index is 0.115. The van der Waals surface area contributed by atoms with E-state index >= 15 is 0 Å². The van der Waals surface area contributed by atoms with Crippen LogP contribution < -0.4 is 0 Å². The maximum atomic E-state index is 11.2. The van der Waals surface area contributed by atoms with Crippen LogP contribution in [0.4, 0.5) is 0 Å². The van der Waals surface area contributed by atoms with Gasteiger partial charge in [-0.05, 0) is 30.6 Å². The number of hydrogen-bond donors (Lipinski definition) is 0. The smallest absolute Gasteiger partial charge is 0.309 e. The predicted molar refractivity (Wildman–Crippen MR) is 48.0 cm³/mol. The molecule has 0 N–H and O–H groups in total. The SMILES string of the molecule is CC.O=C1OC2C[C@]34CC3CC1C24. The summed E-state index contributed by atoms with van der Waals surface area (Å²) >= 11 is 0. The number of carbonyl (C=O) groups excluding carboxylic acids is 1. The van der Waals surface area contributed by atoms with Gasteiger partial charge in [0.05, 0.1) is 5.92 Å². The quantitative estimate of drug-likeness (QED) is 0.533. The standard InChI is InChI=1S/C9H10O2.C2H6/c10-8-5-1-4-2-9(4)3-6(11-8)7(5)9;1-2/h4-7H,1-3H2;1-2H3/t4?,5?,6?,7?,9-;/m1./s1. The summed E-state index contributed by atoms with van der Waals surface area (Å²) in [7, 11) is 0. The van der Waals surface area contributed by atoms with Gasteiger partial charge in [0.15, 0.2) is 0 Å². The van der Waals surface area contributed by atoms with Crippen LogP contribution in [0, 0.1) is 23.2 Å². The van der Waals surface area contributed by atoms with Crippen LogP contribution in [0.5, 0.6) is 0 Å². The van der Waals surface area contributed by atoms with E-state index in [9.17, 15) is 4.79 Å². The molecular weight excluding hydrogens is 164 g/mol. The third-order valence-electron chi connectivity index (χ3n) is 4.47. The summed E-state index contributed by atoms with van der Waals surface area (Å²) in [6.07, 6.45) is 4.10. The Balaban J connectivity index is 0.000000266. The van der Waals surface area contributed by atoms with E-state index in [1.165, 1.54) is 12.8 Å². The van der Waals surface area contributed by atoms with E-state index < -0.39 is 0 Å². The van der Waals surface area contributed by atoms with Crippen LogP contribution in [-0.4, -0.2) is 12.1 Å². The van der Waals surface area contributed by atoms with Crippen molar-refractivity contribution < 1.29 is 9.53 Å². The van der Waals surface area contributed by atoms with Crippen molar-refractivity contribution >= 4 is 5.97 Å². The molecule has 3 aliphatic carbocycles. The molecule has 2 heteroatoms. The van der Waals surface area contributed by atoms with Gasteiger partial charge in [-0.25, -0.2) is 0 Å². The number of hydrogen-bond acceptors (Lipinski definition) is 2. The Kier molecular flexibility index (Phi) is 1.27. The fourth-order valence-corrected chi connectivity index (χ4v) is 3.93. The molecule has 1 aliphatic heterocycles. The number of carbonyl (C=O) groups is 1. The van der Waals surface area contributed by atoms with Crippen molar-refractivity contribution in [1.29, 1.82) is 0 Å². The molecule has 0 amide bonds. The molecule has 0 aromatic heterocycles. The molecule has 0 radical (unpaired) electrons. The zero-order chi connectivity index (χ0) is 9.22. The van der Waals surface area contributed by atoms with Gasteiger partial charge in [0, 0.05) is 5.92 Å². The molecule has 2 nitrogen and oxygen atoms in total. The van der Waals surface area contributed by atoms with E-state index in [4.69, 9.17) is 4.74 Å². The van der Waals surface area contributed by atoms with Gasteiger partial charge in [0.2, 0.25) is 0 Å². The molecule has 4 rings (SSSR count). The zero-order valence-electron chi connectivity index (χ0n) is 8.25. The third kappa shape index (κ3) is 0.660. The van der Waals surface area contributed by atoms with Gasteiger partial charge in [-0.1, -0.05) is 13.8 Å². The summed E-state index contributed by atoms with van der Waals surface area (Å²) in [5.74, 6) is 2.03. The van der Waals surface area contributed by atoms with E-state index in [1.54, 1.807) is 0 Å². The van der Waals surface area contributed by atoms with Crippen LogP contribution >= 0.6 is 0 Å². The van der Waals surface area contributed by atoms with E-state index in [0.717, 1.165) is 12.3 Å². The third-order valence-corrected chi connectivity index (χ3v) is 4.47. The molecule has 4 aliphatic rings. The maximum Gasteiger partial charge on any atom is 0.309 e. The van der Waals surface area contributed by atoms with Gasteiger partial charge in [-0.2, -0.15) is 0 Å². The highest BCUT2D eigenvalue weighted by Gasteiger charge is 2.79. The van der Waals surface area contributed by atoms with Crippen molar-refractivity contribution in [2.45, 2.75) is 39.2 Å². The minimum Gasteiger partial charge on any atom is -0.462 e. The lowest BCUT2D eigenvalue weighted by Gasteiger charge is -2.38. The van der Waals surface area contributed by atoms with Crippen molar-refractivity contribution in [2.24, 2.45) is 23.2 Å². The Morgan fingerprint density at radius 1 is 1.38 bits per heavy atom. The second-order valence-electron chi connectivity index (χ2n) is 4.68. The monoisotopic (exact) mass is 180 g/mol. The van der Waals surface area contributed by atoms with E-state index in [0.29, 0.717) is 23.4 Å². The van der Waals surface area contributed by atoms with Gasteiger partial charge in [-0.15, -0.1) is 0 Å². The van der Waals surface area contributed by atoms with Crippen LogP contribution in [0.3, 0.4) is 0 Å². The summed E-state index contributed by atoms with van der Waals surface area (Å²) in [4.78, 5) is 11.2. The summed E-state index contributed by atoms with van der Waals surface area (Å²) in [6, 6.07) is 0. The van der Waals surface area contributed by atoms with Crippen molar-refractivity contribution in [3.8, 4) is 0 Å². The average Bonchev–Trinajstić information content (AvgIpc) is 2.67. The lowest BCUT2D eigenvalue weighted by Crippen LogP contribution is -2.40. The lowest BCUT2D eigenvalue weighted by molar-refractivity contribution is -0.147. The van der Waals surface area contributed by atoms with Crippen LogP contribution in [0.25, 0.3) is 0 Å². The predicted octanol–water partition coefficient (Wildman–Crippen LogP) is 1.98. The highest BCUT2D eigenvalue weighted by Crippen LogP contribution is 2.80. The molecule has 3 saturated carbocycles. The molecule has 72 valence electrons. The van der Waals surface area contributed by atoms with Crippen LogP contribution in [0.2, 0.25) is 0 Å². The second kappa shape index (κ2) is 2.10. The van der Waals surface area contributed by atoms with Gasteiger partial charge in [0.1, 0.15) is 6.10 Å². The first-order valence-corrected chi connectivity index (χ1v) is 5.52. The van der Waals surface area contributed by atoms with E-state index in [-0.39, 0.29) is 5.97 Å². The average molecular weight is 180 g/mol. The second-order valence-corrected chi connectivity index (χ2v) is 4.68. The van der Waals surface area contributed by atoms with Gasteiger partial charge in [0.25, 0.3) is 0 Å². The Labute approximate surface area is 78.6 Å². The number of ether oxygens (including phenoxy) is 1. The highest BCUT2D eigenvalue weighted by molar-refractivity contribution is 5.77. The Morgan fingerprint density at radius 3 is 2.85 bits per heavy atom.